The number of ether oxygens (including phenoxy) is 2. The Bertz CT molecular complexity index is 343. The van der Waals surface area contributed by atoms with Gasteiger partial charge in [0.2, 0.25) is 0 Å². The molecule has 1 heterocycles. The molecule has 0 bridgehead atoms. The summed E-state index contributed by atoms with van der Waals surface area (Å²) in [6, 6.07) is 7.69. The Balaban J connectivity index is 2.00. The van der Waals surface area contributed by atoms with Crippen LogP contribution in [0.2, 0.25) is 0 Å². The van der Waals surface area contributed by atoms with Crippen LogP contribution in [0.25, 0.3) is 0 Å². The van der Waals surface area contributed by atoms with Crippen LogP contribution in [0, 0.1) is 0 Å². The first-order chi connectivity index (χ1) is 7.79. The molecule has 1 aliphatic heterocycles. The van der Waals surface area contributed by atoms with Gasteiger partial charge in [0.15, 0.2) is 0 Å². The summed E-state index contributed by atoms with van der Waals surface area (Å²) >= 11 is 0. The van der Waals surface area contributed by atoms with E-state index in [1.165, 1.54) is 0 Å². The highest BCUT2D eigenvalue weighted by molar-refractivity contribution is 5.49. The van der Waals surface area contributed by atoms with Crippen LogP contribution in [0.3, 0.4) is 0 Å². The molecule has 2 atom stereocenters. The Morgan fingerprint density at radius 1 is 1.50 bits per heavy atom. The van der Waals surface area contributed by atoms with Gasteiger partial charge >= 0.3 is 0 Å². The Hall–Kier alpha value is -1.26. The van der Waals surface area contributed by atoms with Gasteiger partial charge < -0.3 is 19.9 Å². The van der Waals surface area contributed by atoms with Gasteiger partial charge in [0, 0.05) is 11.8 Å². The van der Waals surface area contributed by atoms with Crippen LogP contribution in [-0.2, 0) is 4.74 Å². The van der Waals surface area contributed by atoms with Crippen LogP contribution < -0.4 is 10.1 Å². The van der Waals surface area contributed by atoms with Gasteiger partial charge in [-0.05, 0) is 19.1 Å². The minimum absolute atomic E-state index is 0.0307. The Morgan fingerprint density at radius 3 is 3.06 bits per heavy atom. The molecule has 88 valence electrons. The molecule has 0 spiro atoms. The van der Waals surface area contributed by atoms with Crippen LogP contribution in [0.15, 0.2) is 24.3 Å². The van der Waals surface area contributed by atoms with Gasteiger partial charge in [0.05, 0.1) is 32.0 Å². The lowest BCUT2D eigenvalue weighted by Gasteiger charge is -2.16. The summed E-state index contributed by atoms with van der Waals surface area (Å²) < 4.78 is 10.6. The summed E-state index contributed by atoms with van der Waals surface area (Å²) in [5.74, 6) is 0.834. The molecule has 1 aromatic carbocycles. The van der Waals surface area contributed by atoms with Crippen LogP contribution in [0.5, 0.6) is 5.75 Å². The standard InChI is InChI=1S/C12H17NO3/c1-2-16-10-5-3-4-9(6-10)13-11-7-15-8-12(11)14/h3-6,11-14H,2,7-8H2,1H3. The van der Waals surface area contributed by atoms with Gasteiger partial charge in [-0.3, -0.25) is 0 Å². The lowest BCUT2D eigenvalue weighted by molar-refractivity contribution is 0.125. The van der Waals surface area contributed by atoms with Gasteiger partial charge in [-0.1, -0.05) is 6.07 Å². The number of nitrogens with one attached hydrogen (secondary N) is 1. The number of aliphatic hydroxyl groups excluding tert-OH is 1. The third-order valence-corrected chi connectivity index (χ3v) is 2.55. The summed E-state index contributed by atoms with van der Waals surface area (Å²) in [5.41, 5.74) is 0.945. The zero-order chi connectivity index (χ0) is 11.4. The molecule has 4 heteroatoms. The summed E-state index contributed by atoms with van der Waals surface area (Å²) in [7, 11) is 0. The smallest absolute Gasteiger partial charge is 0.121 e. The summed E-state index contributed by atoms with van der Waals surface area (Å²) in [5, 5.41) is 12.8. The molecule has 0 aromatic heterocycles. The number of anilines is 1. The largest absolute Gasteiger partial charge is 0.494 e. The number of aliphatic hydroxyl groups is 1. The van der Waals surface area contributed by atoms with Crippen molar-refractivity contribution in [3.63, 3.8) is 0 Å². The monoisotopic (exact) mass is 223 g/mol. The number of rotatable bonds is 4. The molecule has 1 saturated heterocycles. The molecular weight excluding hydrogens is 206 g/mol. The van der Waals surface area contributed by atoms with E-state index in [0.717, 1.165) is 11.4 Å². The van der Waals surface area contributed by atoms with Gasteiger partial charge in [-0.2, -0.15) is 0 Å². The predicted octanol–water partition coefficient (Wildman–Crippen LogP) is 1.26. The van der Waals surface area contributed by atoms with Crippen LogP contribution in [0.4, 0.5) is 5.69 Å². The first-order valence-corrected chi connectivity index (χ1v) is 5.55. The van der Waals surface area contributed by atoms with Crippen molar-refractivity contribution in [1.82, 2.24) is 0 Å². The molecule has 2 unspecified atom stereocenters. The first-order valence-electron chi connectivity index (χ1n) is 5.55. The van der Waals surface area contributed by atoms with Crippen molar-refractivity contribution >= 4 is 5.69 Å². The highest BCUT2D eigenvalue weighted by Gasteiger charge is 2.25. The SMILES string of the molecule is CCOc1cccc(NC2COCC2O)c1. The van der Waals surface area contributed by atoms with E-state index in [0.29, 0.717) is 19.8 Å². The predicted molar refractivity (Wildman–Crippen MR) is 61.8 cm³/mol. The zero-order valence-electron chi connectivity index (χ0n) is 9.35. The Morgan fingerprint density at radius 2 is 2.38 bits per heavy atom. The average molecular weight is 223 g/mol. The second kappa shape index (κ2) is 5.18. The van der Waals surface area contributed by atoms with Gasteiger partial charge in [-0.15, -0.1) is 0 Å². The van der Waals surface area contributed by atoms with E-state index in [-0.39, 0.29) is 6.04 Å². The molecule has 4 nitrogen and oxygen atoms in total. The summed E-state index contributed by atoms with van der Waals surface area (Å²) in [6.45, 7) is 3.55. The molecule has 2 N–H and O–H groups in total. The topological polar surface area (TPSA) is 50.7 Å². The first kappa shape index (κ1) is 11.2. The third-order valence-electron chi connectivity index (χ3n) is 2.55. The molecule has 0 radical (unpaired) electrons. The van der Waals surface area contributed by atoms with E-state index >= 15 is 0 Å². The van der Waals surface area contributed by atoms with Crippen molar-refractivity contribution in [2.75, 3.05) is 25.1 Å². The molecule has 1 aliphatic rings. The summed E-state index contributed by atoms with van der Waals surface area (Å²) in [4.78, 5) is 0. The maximum absolute atomic E-state index is 9.60. The third kappa shape index (κ3) is 2.65. The zero-order valence-corrected chi connectivity index (χ0v) is 9.35. The fourth-order valence-electron chi connectivity index (χ4n) is 1.74. The maximum atomic E-state index is 9.60. The van der Waals surface area contributed by atoms with Crippen molar-refractivity contribution in [2.24, 2.45) is 0 Å². The maximum Gasteiger partial charge on any atom is 0.121 e. The minimum atomic E-state index is -0.434. The van der Waals surface area contributed by atoms with Crippen LogP contribution in [-0.4, -0.2) is 37.1 Å². The van der Waals surface area contributed by atoms with Crippen molar-refractivity contribution in [3.05, 3.63) is 24.3 Å². The molecule has 0 aliphatic carbocycles. The Labute approximate surface area is 95.2 Å². The molecule has 16 heavy (non-hydrogen) atoms. The second-order valence-corrected chi connectivity index (χ2v) is 3.82. The van der Waals surface area contributed by atoms with E-state index < -0.39 is 6.10 Å². The molecule has 1 aromatic rings. The van der Waals surface area contributed by atoms with E-state index in [2.05, 4.69) is 5.32 Å². The second-order valence-electron chi connectivity index (χ2n) is 3.82. The van der Waals surface area contributed by atoms with Gasteiger partial charge in [0.1, 0.15) is 5.75 Å². The van der Waals surface area contributed by atoms with Crippen molar-refractivity contribution in [3.8, 4) is 5.75 Å². The fraction of sp³-hybridized carbons (Fsp3) is 0.500. The minimum Gasteiger partial charge on any atom is -0.494 e. The van der Waals surface area contributed by atoms with E-state index in [9.17, 15) is 5.11 Å². The molecule has 1 fully saturated rings. The van der Waals surface area contributed by atoms with E-state index in [4.69, 9.17) is 9.47 Å². The fourth-order valence-corrected chi connectivity index (χ4v) is 1.74. The van der Waals surface area contributed by atoms with Crippen LogP contribution >= 0.6 is 0 Å². The number of benzene rings is 1. The highest BCUT2D eigenvalue weighted by Crippen LogP contribution is 2.20. The number of hydrogen-bond donors (Lipinski definition) is 2. The number of hydrogen-bond acceptors (Lipinski definition) is 4. The Kier molecular flexibility index (Phi) is 3.64. The molecule has 2 rings (SSSR count). The highest BCUT2D eigenvalue weighted by atomic mass is 16.5. The van der Waals surface area contributed by atoms with Crippen molar-refractivity contribution in [2.45, 2.75) is 19.1 Å². The molecule has 0 amide bonds. The van der Waals surface area contributed by atoms with Gasteiger partial charge in [-0.25, -0.2) is 0 Å². The lowest BCUT2D eigenvalue weighted by Crippen LogP contribution is -2.31. The van der Waals surface area contributed by atoms with E-state index in [1.54, 1.807) is 0 Å². The molecular formula is C12H17NO3. The van der Waals surface area contributed by atoms with Gasteiger partial charge in [0.25, 0.3) is 0 Å². The molecule has 0 saturated carbocycles. The summed E-state index contributed by atoms with van der Waals surface area (Å²) in [6.07, 6.45) is -0.434. The average Bonchev–Trinajstić information content (AvgIpc) is 2.66. The van der Waals surface area contributed by atoms with Crippen molar-refractivity contribution < 1.29 is 14.6 Å². The van der Waals surface area contributed by atoms with Crippen LogP contribution in [0.1, 0.15) is 6.92 Å². The quantitative estimate of drug-likeness (QED) is 0.806. The normalized spacial score (nSPS) is 24.4. The lowest BCUT2D eigenvalue weighted by atomic mass is 10.2. The van der Waals surface area contributed by atoms with E-state index in [1.807, 2.05) is 31.2 Å². The van der Waals surface area contributed by atoms with Crippen molar-refractivity contribution in [1.29, 1.82) is 0 Å².